The Balaban J connectivity index is 0. The van der Waals surface area contributed by atoms with Crippen molar-refractivity contribution in [2.24, 2.45) is 11.8 Å². The van der Waals surface area contributed by atoms with Crippen LogP contribution in [0.15, 0.2) is 0 Å². The van der Waals surface area contributed by atoms with E-state index in [-0.39, 0.29) is 11.8 Å². The van der Waals surface area contributed by atoms with E-state index in [1.165, 1.54) is 321 Å². The molecule has 0 fully saturated rings. The maximum Gasteiger partial charge on any atom is 0.306 e. The summed E-state index contributed by atoms with van der Waals surface area (Å²) < 4.78 is 0. The van der Waals surface area contributed by atoms with Crippen LogP contribution in [0, 0.1) is 11.8 Å². The summed E-state index contributed by atoms with van der Waals surface area (Å²) >= 11 is 0. The van der Waals surface area contributed by atoms with E-state index < -0.39 is 11.9 Å². The number of carboxylic acids is 2. The summed E-state index contributed by atoms with van der Waals surface area (Å²) in [6.45, 7) is 9.13. The van der Waals surface area contributed by atoms with Gasteiger partial charge in [-0.25, -0.2) is 0 Å². The fraction of sp³-hybridized carbons (Fsp3) is 0.970. The van der Waals surface area contributed by atoms with Gasteiger partial charge < -0.3 is 10.2 Å². The third-order valence-electron chi connectivity index (χ3n) is 15.8. The molecule has 0 aliphatic heterocycles. The Morgan fingerprint density at radius 2 is 0.300 bits per heavy atom. The summed E-state index contributed by atoms with van der Waals surface area (Å²) in [5, 5.41) is 19.1. The Labute approximate surface area is 441 Å². The molecule has 0 saturated carbocycles. The SMILES string of the molecule is CCCCCCCCCCCCCCCCC(CCCCCCCCCCCCCC)C(=O)O.CCCCCCCCCCCCCCCCCC(CCCCCCCCCCCCCCC)C(=O)O. The predicted octanol–water partition coefficient (Wildman–Crippen LogP) is 24.1. The maximum atomic E-state index is 11.6. The van der Waals surface area contributed by atoms with Crippen LogP contribution in [-0.2, 0) is 9.59 Å². The molecule has 70 heavy (non-hydrogen) atoms. The quantitative estimate of drug-likeness (QED) is 0.0596. The van der Waals surface area contributed by atoms with Gasteiger partial charge in [0, 0.05) is 0 Å². The van der Waals surface area contributed by atoms with Gasteiger partial charge in [0.1, 0.15) is 0 Å². The van der Waals surface area contributed by atoms with E-state index >= 15 is 0 Å². The van der Waals surface area contributed by atoms with Gasteiger partial charge in [0.05, 0.1) is 11.8 Å². The molecule has 2 N–H and O–H groups in total. The zero-order valence-corrected chi connectivity index (χ0v) is 48.9. The number of carboxylic acid groups (broad SMARTS) is 2. The average molecular weight is 990 g/mol. The summed E-state index contributed by atoms with van der Waals surface area (Å²) in [6, 6.07) is 0. The van der Waals surface area contributed by atoms with Gasteiger partial charge in [-0.05, 0) is 25.7 Å². The molecule has 2 unspecified atom stereocenters. The van der Waals surface area contributed by atoms with Crippen molar-refractivity contribution in [1.82, 2.24) is 0 Å². The second kappa shape index (κ2) is 64.1. The van der Waals surface area contributed by atoms with E-state index in [0.717, 1.165) is 51.4 Å². The van der Waals surface area contributed by atoms with Crippen LogP contribution in [0.3, 0.4) is 0 Å². The molecular formula is C66H132O4. The predicted molar refractivity (Wildman–Crippen MR) is 313 cm³/mol. The Morgan fingerprint density at radius 1 is 0.200 bits per heavy atom. The second-order valence-electron chi connectivity index (χ2n) is 22.9. The normalized spacial score (nSPS) is 12.3. The van der Waals surface area contributed by atoms with E-state index in [9.17, 15) is 19.8 Å². The Kier molecular flexibility index (Phi) is 65.0. The number of hydrogen-bond donors (Lipinski definition) is 2. The molecule has 0 aliphatic carbocycles. The largest absolute Gasteiger partial charge is 0.481 e. The molecule has 4 nitrogen and oxygen atoms in total. The first kappa shape index (κ1) is 71.0. The van der Waals surface area contributed by atoms with Crippen LogP contribution >= 0.6 is 0 Å². The van der Waals surface area contributed by atoms with Crippen molar-refractivity contribution in [2.45, 2.75) is 400 Å². The van der Waals surface area contributed by atoms with Crippen molar-refractivity contribution >= 4 is 11.9 Å². The summed E-state index contributed by atoms with van der Waals surface area (Å²) in [5.41, 5.74) is 0. The Bertz CT molecular complexity index is 964. The van der Waals surface area contributed by atoms with Crippen LogP contribution in [0.25, 0.3) is 0 Å². The van der Waals surface area contributed by atoms with E-state index in [4.69, 9.17) is 0 Å². The minimum atomic E-state index is -0.558. The lowest BCUT2D eigenvalue weighted by molar-refractivity contribution is -0.143. The first-order valence-electron chi connectivity index (χ1n) is 32.9. The van der Waals surface area contributed by atoms with Gasteiger partial charge in [0.25, 0.3) is 0 Å². The highest BCUT2D eigenvalue weighted by Gasteiger charge is 2.17. The summed E-state index contributed by atoms with van der Waals surface area (Å²) in [5.74, 6) is -1.31. The average Bonchev–Trinajstić information content (AvgIpc) is 3.35. The van der Waals surface area contributed by atoms with Crippen LogP contribution in [0.4, 0.5) is 0 Å². The van der Waals surface area contributed by atoms with Crippen molar-refractivity contribution in [1.29, 1.82) is 0 Å². The van der Waals surface area contributed by atoms with E-state index in [2.05, 4.69) is 27.7 Å². The van der Waals surface area contributed by atoms with Crippen LogP contribution in [0.1, 0.15) is 400 Å². The highest BCUT2D eigenvalue weighted by atomic mass is 16.4. The standard InChI is InChI=1S/C34H68O2.C32H64O2/c1-3-5-7-9-11-13-15-17-18-20-22-24-26-28-30-32-33(34(35)36)31-29-27-25-23-21-19-16-14-12-10-8-6-4-2;1-3-5-7-9-11-13-15-17-18-20-22-24-26-28-30-31(32(33)34)29-27-25-23-21-19-16-14-12-10-8-6-4-2/h33H,3-32H2,1-2H3,(H,35,36);31H,3-30H2,1-2H3,(H,33,34). The molecule has 420 valence electrons. The molecule has 0 heterocycles. The Hall–Kier alpha value is -1.06. The topological polar surface area (TPSA) is 74.6 Å². The highest BCUT2D eigenvalue weighted by Crippen LogP contribution is 2.23. The number of unbranched alkanes of at least 4 members (excludes halogenated alkanes) is 50. The van der Waals surface area contributed by atoms with Gasteiger partial charge in [-0.1, -0.05) is 374 Å². The number of aliphatic carboxylic acids is 2. The molecule has 0 aromatic carbocycles. The van der Waals surface area contributed by atoms with Gasteiger partial charge in [-0.3, -0.25) is 9.59 Å². The molecule has 0 amide bonds. The maximum absolute atomic E-state index is 11.6. The summed E-state index contributed by atoms with van der Waals surface area (Å²) in [7, 11) is 0. The van der Waals surface area contributed by atoms with Crippen molar-refractivity contribution in [3.8, 4) is 0 Å². The molecule has 0 aliphatic rings. The lowest BCUT2D eigenvalue weighted by atomic mass is 9.94. The molecular weight excluding hydrogens is 857 g/mol. The van der Waals surface area contributed by atoms with Crippen LogP contribution in [0.2, 0.25) is 0 Å². The number of carbonyl (C=O) groups is 2. The zero-order valence-electron chi connectivity index (χ0n) is 48.9. The lowest BCUT2D eigenvalue weighted by Crippen LogP contribution is -2.13. The molecule has 0 aromatic rings. The third kappa shape index (κ3) is 61.2. The smallest absolute Gasteiger partial charge is 0.306 e. The highest BCUT2D eigenvalue weighted by molar-refractivity contribution is 5.70. The summed E-state index contributed by atoms with van der Waals surface area (Å²) in [6.07, 6.45) is 76.8. The summed E-state index contributed by atoms with van der Waals surface area (Å²) in [4.78, 5) is 23.2. The first-order chi connectivity index (χ1) is 34.4. The van der Waals surface area contributed by atoms with Crippen molar-refractivity contribution in [3.05, 3.63) is 0 Å². The molecule has 0 radical (unpaired) electrons. The van der Waals surface area contributed by atoms with E-state index in [1.807, 2.05) is 0 Å². The molecule has 0 aromatic heterocycles. The van der Waals surface area contributed by atoms with Gasteiger partial charge in [-0.15, -0.1) is 0 Å². The Morgan fingerprint density at radius 3 is 0.400 bits per heavy atom. The lowest BCUT2D eigenvalue weighted by Gasteiger charge is -2.12. The van der Waals surface area contributed by atoms with Crippen molar-refractivity contribution < 1.29 is 19.8 Å². The monoisotopic (exact) mass is 989 g/mol. The van der Waals surface area contributed by atoms with Crippen LogP contribution < -0.4 is 0 Å². The van der Waals surface area contributed by atoms with E-state index in [1.54, 1.807) is 0 Å². The van der Waals surface area contributed by atoms with Crippen molar-refractivity contribution in [3.63, 3.8) is 0 Å². The zero-order chi connectivity index (χ0) is 51.3. The molecule has 4 heteroatoms. The van der Waals surface area contributed by atoms with Gasteiger partial charge in [-0.2, -0.15) is 0 Å². The number of hydrogen-bond acceptors (Lipinski definition) is 2. The fourth-order valence-corrected chi connectivity index (χ4v) is 10.8. The fourth-order valence-electron chi connectivity index (χ4n) is 10.8. The van der Waals surface area contributed by atoms with Crippen LogP contribution in [0.5, 0.6) is 0 Å². The van der Waals surface area contributed by atoms with Gasteiger partial charge >= 0.3 is 11.9 Å². The molecule has 2 atom stereocenters. The molecule has 0 bridgehead atoms. The van der Waals surface area contributed by atoms with Crippen LogP contribution in [-0.4, -0.2) is 22.2 Å². The minimum absolute atomic E-state index is 0.0968. The van der Waals surface area contributed by atoms with Crippen molar-refractivity contribution in [2.75, 3.05) is 0 Å². The molecule has 0 spiro atoms. The molecule has 0 saturated heterocycles. The number of rotatable bonds is 60. The third-order valence-corrected chi connectivity index (χ3v) is 15.8. The molecule has 0 rings (SSSR count). The minimum Gasteiger partial charge on any atom is -0.481 e. The second-order valence-corrected chi connectivity index (χ2v) is 22.9. The van der Waals surface area contributed by atoms with Gasteiger partial charge in [0.15, 0.2) is 0 Å². The first-order valence-corrected chi connectivity index (χ1v) is 32.9. The van der Waals surface area contributed by atoms with E-state index in [0.29, 0.717) is 0 Å². The van der Waals surface area contributed by atoms with Gasteiger partial charge in [0.2, 0.25) is 0 Å².